The van der Waals surface area contributed by atoms with Crippen LogP contribution in [0.25, 0.3) is 11.0 Å². The number of carbonyl (C=O) groups excluding carboxylic acids is 1. The summed E-state index contributed by atoms with van der Waals surface area (Å²) in [6.45, 7) is 5.67. The highest BCUT2D eigenvalue weighted by Gasteiger charge is 2.37. The highest BCUT2D eigenvalue weighted by atomic mass is 16.5. The summed E-state index contributed by atoms with van der Waals surface area (Å²) >= 11 is 0. The molecule has 1 amide bonds. The van der Waals surface area contributed by atoms with Crippen molar-refractivity contribution in [1.82, 2.24) is 19.9 Å². The van der Waals surface area contributed by atoms with Crippen molar-refractivity contribution in [3.05, 3.63) is 54.6 Å². The molecule has 1 aliphatic rings. The third kappa shape index (κ3) is 4.08. The first-order valence-corrected chi connectivity index (χ1v) is 10.6. The summed E-state index contributed by atoms with van der Waals surface area (Å²) in [5.74, 6) is 1.17. The number of nitrogens with one attached hydrogen (secondary N) is 2. The highest BCUT2D eigenvalue weighted by Crippen LogP contribution is 2.34. The van der Waals surface area contributed by atoms with Crippen LogP contribution in [0.3, 0.4) is 0 Å². The van der Waals surface area contributed by atoms with Gasteiger partial charge in [0.25, 0.3) is 0 Å². The normalized spacial score (nSPS) is 18.4. The van der Waals surface area contributed by atoms with Crippen LogP contribution < -0.4 is 5.32 Å². The van der Waals surface area contributed by atoms with E-state index in [1.807, 2.05) is 36.4 Å². The number of imidazole rings is 1. The molecule has 3 aromatic rings. The Labute approximate surface area is 171 Å². The van der Waals surface area contributed by atoms with Crippen molar-refractivity contribution in [3.8, 4) is 0 Å². The standard InChI is InChI=1S/C23H30N4O2/c1-3-17(2)21(22-24-18-8-4-5-9-19(18)25-22)26-20(28)16-23(10-14-29-15-11-23)27-12-6-7-13-27/h4-9,12-13,17,21H,3,10-11,14-16H2,1-2H3,(H,24,25)(H,26,28). The summed E-state index contributed by atoms with van der Waals surface area (Å²) in [5, 5.41) is 3.29. The maximum Gasteiger partial charge on any atom is 0.222 e. The SMILES string of the molecule is CCC(C)C(NC(=O)CC1(n2cccc2)CCOCC1)c1nc2ccccc2[nH]1. The average Bonchev–Trinajstić information content (AvgIpc) is 3.42. The zero-order valence-corrected chi connectivity index (χ0v) is 17.2. The van der Waals surface area contributed by atoms with Crippen LogP contribution in [0.2, 0.25) is 0 Å². The molecule has 0 bridgehead atoms. The zero-order chi connectivity index (χ0) is 20.3. The van der Waals surface area contributed by atoms with Gasteiger partial charge in [0.2, 0.25) is 5.91 Å². The number of fused-ring (bicyclic) bond motifs is 1. The average molecular weight is 395 g/mol. The largest absolute Gasteiger partial charge is 0.381 e. The number of para-hydroxylation sites is 2. The molecule has 6 nitrogen and oxygen atoms in total. The third-order valence-corrected chi connectivity index (χ3v) is 6.30. The number of H-pyrrole nitrogens is 1. The predicted octanol–water partition coefficient (Wildman–Crippen LogP) is 4.16. The van der Waals surface area contributed by atoms with Crippen molar-refractivity contribution in [2.75, 3.05) is 13.2 Å². The maximum atomic E-state index is 13.2. The van der Waals surface area contributed by atoms with Gasteiger partial charge in [0.15, 0.2) is 0 Å². The molecule has 1 fully saturated rings. The van der Waals surface area contributed by atoms with Gasteiger partial charge in [-0.3, -0.25) is 4.79 Å². The Morgan fingerprint density at radius 2 is 1.97 bits per heavy atom. The van der Waals surface area contributed by atoms with E-state index in [-0.39, 0.29) is 23.4 Å². The van der Waals surface area contributed by atoms with E-state index in [1.54, 1.807) is 0 Å². The molecule has 2 N–H and O–H groups in total. The Kier molecular flexibility index (Phi) is 5.72. The van der Waals surface area contributed by atoms with Crippen LogP contribution >= 0.6 is 0 Å². The predicted molar refractivity (Wildman–Crippen MR) is 114 cm³/mol. The number of nitrogens with zero attached hydrogens (tertiary/aromatic N) is 2. The first-order chi connectivity index (χ1) is 14.1. The Balaban J connectivity index is 1.56. The number of rotatable bonds is 7. The Hall–Kier alpha value is -2.60. The number of hydrogen-bond acceptors (Lipinski definition) is 3. The van der Waals surface area contributed by atoms with Gasteiger partial charge in [-0.05, 0) is 43.0 Å². The van der Waals surface area contributed by atoms with Crippen molar-refractivity contribution in [1.29, 1.82) is 0 Å². The van der Waals surface area contributed by atoms with E-state index in [9.17, 15) is 4.79 Å². The van der Waals surface area contributed by atoms with Gasteiger partial charge in [-0.25, -0.2) is 4.98 Å². The molecular formula is C23H30N4O2. The molecule has 0 aliphatic carbocycles. The third-order valence-electron chi connectivity index (χ3n) is 6.30. The number of hydrogen-bond donors (Lipinski definition) is 2. The zero-order valence-electron chi connectivity index (χ0n) is 17.2. The van der Waals surface area contributed by atoms with Crippen LogP contribution in [0.1, 0.15) is 51.4 Å². The number of carbonyl (C=O) groups is 1. The Bertz CT molecular complexity index is 908. The fourth-order valence-corrected chi connectivity index (χ4v) is 4.29. The number of ether oxygens (including phenoxy) is 1. The van der Waals surface area contributed by atoms with Crippen molar-refractivity contribution >= 4 is 16.9 Å². The van der Waals surface area contributed by atoms with Gasteiger partial charge in [0.05, 0.1) is 29.0 Å². The van der Waals surface area contributed by atoms with Gasteiger partial charge in [-0.1, -0.05) is 32.4 Å². The molecule has 29 heavy (non-hydrogen) atoms. The van der Waals surface area contributed by atoms with Crippen LogP contribution in [0, 0.1) is 5.92 Å². The molecular weight excluding hydrogens is 364 g/mol. The molecule has 1 aromatic carbocycles. The summed E-state index contributed by atoms with van der Waals surface area (Å²) in [6, 6.07) is 11.9. The van der Waals surface area contributed by atoms with E-state index in [0.29, 0.717) is 19.6 Å². The van der Waals surface area contributed by atoms with Gasteiger partial charge in [0, 0.05) is 25.6 Å². The van der Waals surface area contributed by atoms with Crippen molar-refractivity contribution in [2.45, 2.75) is 51.1 Å². The van der Waals surface area contributed by atoms with E-state index < -0.39 is 0 Å². The summed E-state index contributed by atoms with van der Waals surface area (Å²) < 4.78 is 7.77. The number of benzene rings is 1. The minimum atomic E-state index is -0.223. The molecule has 1 saturated heterocycles. The number of aromatic amines is 1. The second kappa shape index (κ2) is 8.41. The van der Waals surface area contributed by atoms with E-state index >= 15 is 0 Å². The fraction of sp³-hybridized carbons (Fsp3) is 0.478. The number of amides is 1. The first-order valence-electron chi connectivity index (χ1n) is 10.6. The minimum Gasteiger partial charge on any atom is -0.381 e. The van der Waals surface area contributed by atoms with Crippen LogP contribution in [0.5, 0.6) is 0 Å². The maximum absolute atomic E-state index is 13.2. The fourth-order valence-electron chi connectivity index (χ4n) is 4.29. The Morgan fingerprint density at radius 3 is 2.66 bits per heavy atom. The molecule has 2 atom stereocenters. The van der Waals surface area contributed by atoms with Crippen molar-refractivity contribution in [3.63, 3.8) is 0 Å². The van der Waals surface area contributed by atoms with Gasteiger partial charge >= 0.3 is 0 Å². The Morgan fingerprint density at radius 1 is 1.24 bits per heavy atom. The van der Waals surface area contributed by atoms with Gasteiger partial charge in [-0.15, -0.1) is 0 Å². The minimum absolute atomic E-state index is 0.0614. The lowest BCUT2D eigenvalue weighted by Gasteiger charge is -2.39. The second-order valence-corrected chi connectivity index (χ2v) is 8.17. The summed E-state index contributed by atoms with van der Waals surface area (Å²) in [7, 11) is 0. The topological polar surface area (TPSA) is 71.9 Å². The van der Waals surface area contributed by atoms with Gasteiger partial charge < -0.3 is 19.6 Å². The monoisotopic (exact) mass is 394 g/mol. The molecule has 2 unspecified atom stereocenters. The lowest BCUT2D eigenvalue weighted by Crippen LogP contribution is -2.44. The molecule has 3 heterocycles. The molecule has 0 saturated carbocycles. The first kappa shape index (κ1) is 19.7. The molecule has 6 heteroatoms. The molecule has 4 rings (SSSR count). The number of aromatic nitrogens is 3. The van der Waals surface area contributed by atoms with Crippen molar-refractivity contribution < 1.29 is 9.53 Å². The van der Waals surface area contributed by atoms with Gasteiger partial charge in [0.1, 0.15) is 5.82 Å². The van der Waals surface area contributed by atoms with Crippen LogP contribution in [-0.4, -0.2) is 33.7 Å². The van der Waals surface area contributed by atoms with E-state index in [0.717, 1.165) is 36.1 Å². The molecule has 0 radical (unpaired) electrons. The van der Waals surface area contributed by atoms with E-state index in [2.05, 4.69) is 41.1 Å². The lowest BCUT2D eigenvalue weighted by molar-refractivity contribution is -0.125. The van der Waals surface area contributed by atoms with E-state index in [4.69, 9.17) is 9.72 Å². The van der Waals surface area contributed by atoms with Crippen LogP contribution in [-0.2, 0) is 15.1 Å². The van der Waals surface area contributed by atoms with Crippen LogP contribution in [0.4, 0.5) is 0 Å². The summed E-state index contributed by atoms with van der Waals surface area (Å²) in [6.07, 6.45) is 7.20. The molecule has 1 aliphatic heterocycles. The quantitative estimate of drug-likeness (QED) is 0.632. The lowest BCUT2D eigenvalue weighted by atomic mass is 9.85. The summed E-state index contributed by atoms with van der Waals surface area (Å²) in [5.41, 5.74) is 1.70. The molecule has 154 valence electrons. The molecule has 2 aromatic heterocycles. The smallest absolute Gasteiger partial charge is 0.222 e. The van der Waals surface area contributed by atoms with Gasteiger partial charge in [-0.2, -0.15) is 0 Å². The summed E-state index contributed by atoms with van der Waals surface area (Å²) in [4.78, 5) is 21.4. The highest BCUT2D eigenvalue weighted by molar-refractivity contribution is 5.78. The van der Waals surface area contributed by atoms with Crippen molar-refractivity contribution in [2.24, 2.45) is 5.92 Å². The van der Waals surface area contributed by atoms with Crippen LogP contribution in [0.15, 0.2) is 48.8 Å². The second-order valence-electron chi connectivity index (χ2n) is 8.17. The molecule has 0 spiro atoms. The van der Waals surface area contributed by atoms with E-state index in [1.165, 1.54) is 0 Å².